The van der Waals surface area contributed by atoms with Crippen LogP contribution in [0, 0.1) is 0 Å². The predicted molar refractivity (Wildman–Crippen MR) is 130 cm³/mol. The van der Waals surface area contributed by atoms with Crippen LogP contribution < -0.4 is 21.3 Å². The molecule has 1 aliphatic heterocycles. The number of benzene rings is 2. The maximum atomic E-state index is 12.0. The van der Waals surface area contributed by atoms with Gasteiger partial charge in [-0.2, -0.15) is 0 Å². The minimum absolute atomic E-state index is 0.198. The molecule has 7 heteroatoms. The van der Waals surface area contributed by atoms with Crippen LogP contribution in [0.15, 0.2) is 65.4 Å². The van der Waals surface area contributed by atoms with Crippen LogP contribution in [0.2, 0.25) is 0 Å². The Morgan fingerprint density at radius 1 is 1.06 bits per heavy atom. The van der Waals surface area contributed by atoms with Crippen molar-refractivity contribution in [2.75, 3.05) is 47.6 Å². The molecule has 1 aromatic heterocycles. The first-order chi connectivity index (χ1) is 15.2. The van der Waals surface area contributed by atoms with Gasteiger partial charge in [-0.3, -0.25) is 4.79 Å². The van der Waals surface area contributed by atoms with Crippen molar-refractivity contribution < 1.29 is 9.53 Å². The van der Waals surface area contributed by atoms with Gasteiger partial charge in [0.05, 0.1) is 24.6 Å². The maximum absolute atomic E-state index is 12.0. The molecule has 0 bridgehead atoms. The summed E-state index contributed by atoms with van der Waals surface area (Å²) >= 11 is 1.46. The van der Waals surface area contributed by atoms with Gasteiger partial charge in [-0.1, -0.05) is 24.3 Å². The SMILES string of the molecule is Nc1cscc1NC(=O)C=Cc1ccc(CNc2ccc(N3CCOCC3)cc2)cc1. The van der Waals surface area contributed by atoms with Gasteiger partial charge < -0.3 is 26.0 Å². The summed E-state index contributed by atoms with van der Waals surface area (Å²) in [6.45, 7) is 4.20. The van der Waals surface area contributed by atoms with Crippen LogP contribution >= 0.6 is 11.3 Å². The molecule has 4 N–H and O–H groups in total. The van der Waals surface area contributed by atoms with E-state index in [9.17, 15) is 4.79 Å². The Morgan fingerprint density at radius 2 is 1.81 bits per heavy atom. The molecule has 4 rings (SSSR count). The molecule has 0 spiro atoms. The Morgan fingerprint density at radius 3 is 2.48 bits per heavy atom. The number of carbonyl (C=O) groups is 1. The maximum Gasteiger partial charge on any atom is 0.248 e. The molecule has 1 saturated heterocycles. The molecule has 31 heavy (non-hydrogen) atoms. The molecule has 0 atom stereocenters. The second-order valence-corrected chi connectivity index (χ2v) is 8.05. The summed E-state index contributed by atoms with van der Waals surface area (Å²) in [5.74, 6) is -0.198. The zero-order valence-corrected chi connectivity index (χ0v) is 18.0. The van der Waals surface area contributed by atoms with Crippen molar-refractivity contribution in [1.82, 2.24) is 0 Å². The van der Waals surface area contributed by atoms with E-state index in [0.29, 0.717) is 11.4 Å². The van der Waals surface area contributed by atoms with Gasteiger partial charge in [-0.25, -0.2) is 0 Å². The fraction of sp³-hybridized carbons (Fsp3) is 0.208. The fourth-order valence-electron chi connectivity index (χ4n) is 3.32. The van der Waals surface area contributed by atoms with Crippen LogP contribution in [-0.2, 0) is 16.1 Å². The number of nitrogens with two attached hydrogens (primary N) is 1. The number of anilines is 4. The number of nitrogens with zero attached hydrogens (tertiary/aromatic N) is 1. The molecule has 0 unspecified atom stereocenters. The van der Waals surface area contributed by atoms with Crippen LogP contribution in [0.25, 0.3) is 6.08 Å². The zero-order chi connectivity index (χ0) is 21.5. The van der Waals surface area contributed by atoms with Crippen LogP contribution in [-0.4, -0.2) is 32.2 Å². The molecule has 2 heterocycles. The van der Waals surface area contributed by atoms with Crippen molar-refractivity contribution in [2.24, 2.45) is 0 Å². The van der Waals surface area contributed by atoms with Crippen LogP contribution in [0.3, 0.4) is 0 Å². The third-order valence-corrected chi connectivity index (χ3v) is 5.86. The van der Waals surface area contributed by atoms with Gasteiger partial charge in [-0.15, -0.1) is 11.3 Å². The summed E-state index contributed by atoms with van der Waals surface area (Å²) in [6, 6.07) is 16.6. The molecule has 160 valence electrons. The first-order valence-corrected chi connectivity index (χ1v) is 11.2. The lowest BCUT2D eigenvalue weighted by Crippen LogP contribution is -2.36. The van der Waals surface area contributed by atoms with Gasteiger partial charge >= 0.3 is 0 Å². The highest BCUT2D eigenvalue weighted by Crippen LogP contribution is 2.23. The number of ether oxygens (including phenoxy) is 1. The largest absolute Gasteiger partial charge is 0.396 e. The number of hydrogen-bond acceptors (Lipinski definition) is 6. The molecule has 0 saturated carbocycles. The third kappa shape index (κ3) is 5.87. The molecule has 0 radical (unpaired) electrons. The van der Waals surface area contributed by atoms with E-state index in [1.165, 1.54) is 28.7 Å². The summed E-state index contributed by atoms with van der Waals surface area (Å²) in [7, 11) is 0. The van der Waals surface area contributed by atoms with E-state index in [2.05, 4.69) is 51.9 Å². The van der Waals surface area contributed by atoms with E-state index in [0.717, 1.165) is 44.1 Å². The van der Waals surface area contributed by atoms with Gasteiger partial charge in [0.1, 0.15) is 0 Å². The number of carbonyl (C=O) groups excluding carboxylic acids is 1. The fourth-order valence-corrected chi connectivity index (χ4v) is 3.99. The van der Waals surface area contributed by atoms with Crippen molar-refractivity contribution in [1.29, 1.82) is 0 Å². The average Bonchev–Trinajstić information content (AvgIpc) is 3.22. The van der Waals surface area contributed by atoms with E-state index in [1.807, 2.05) is 17.5 Å². The normalized spacial score (nSPS) is 14.0. The molecule has 6 nitrogen and oxygen atoms in total. The molecule has 2 aromatic carbocycles. The first-order valence-electron chi connectivity index (χ1n) is 10.2. The lowest BCUT2D eigenvalue weighted by molar-refractivity contribution is -0.111. The van der Waals surface area contributed by atoms with E-state index in [-0.39, 0.29) is 5.91 Å². The van der Waals surface area contributed by atoms with Crippen molar-refractivity contribution >= 4 is 46.1 Å². The highest BCUT2D eigenvalue weighted by Gasteiger charge is 2.10. The Balaban J connectivity index is 1.26. The van der Waals surface area contributed by atoms with E-state index < -0.39 is 0 Å². The second-order valence-electron chi connectivity index (χ2n) is 7.30. The smallest absolute Gasteiger partial charge is 0.248 e. The quantitative estimate of drug-likeness (QED) is 0.480. The molecule has 1 fully saturated rings. The minimum atomic E-state index is -0.198. The Hall–Kier alpha value is -3.29. The number of nitrogens with one attached hydrogen (secondary N) is 2. The van der Waals surface area contributed by atoms with E-state index >= 15 is 0 Å². The summed E-state index contributed by atoms with van der Waals surface area (Å²) in [6.07, 6.45) is 3.31. The molecule has 3 aromatic rings. The molecule has 0 aliphatic carbocycles. The Kier molecular flexibility index (Phi) is 6.86. The van der Waals surface area contributed by atoms with Gasteiger partial charge in [0, 0.05) is 47.8 Å². The second kappa shape index (κ2) is 10.1. The third-order valence-electron chi connectivity index (χ3n) is 5.10. The topological polar surface area (TPSA) is 79.6 Å². The Bertz CT molecular complexity index is 1020. The van der Waals surface area contributed by atoms with Gasteiger partial charge in [-0.05, 0) is 41.5 Å². The molecular weight excluding hydrogens is 408 g/mol. The van der Waals surface area contributed by atoms with Crippen LogP contribution in [0.5, 0.6) is 0 Å². The lowest BCUT2D eigenvalue weighted by atomic mass is 10.1. The number of nitrogen functional groups attached to an aromatic ring is 1. The number of thiophene rings is 1. The van der Waals surface area contributed by atoms with Crippen molar-refractivity contribution in [3.05, 3.63) is 76.5 Å². The number of morpholine rings is 1. The lowest BCUT2D eigenvalue weighted by Gasteiger charge is -2.28. The van der Waals surface area contributed by atoms with E-state index in [1.54, 1.807) is 11.5 Å². The average molecular weight is 435 g/mol. The molecule has 1 amide bonds. The summed E-state index contributed by atoms with van der Waals surface area (Å²) < 4.78 is 5.41. The monoisotopic (exact) mass is 434 g/mol. The van der Waals surface area contributed by atoms with Gasteiger partial charge in [0.2, 0.25) is 5.91 Å². The number of hydrogen-bond donors (Lipinski definition) is 3. The highest BCUT2D eigenvalue weighted by molar-refractivity contribution is 7.09. The predicted octanol–water partition coefficient (Wildman–Crippen LogP) is 4.43. The van der Waals surface area contributed by atoms with Crippen molar-refractivity contribution in [3.8, 4) is 0 Å². The summed E-state index contributed by atoms with van der Waals surface area (Å²) in [4.78, 5) is 14.4. The van der Waals surface area contributed by atoms with Gasteiger partial charge in [0.25, 0.3) is 0 Å². The summed E-state index contributed by atoms with van der Waals surface area (Å²) in [5, 5.41) is 9.84. The number of rotatable bonds is 7. The molecule has 1 aliphatic rings. The Labute approximate surface area is 186 Å². The standard InChI is InChI=1S/C24H26N4O2S/c25-22-16-31-17-23(22)27-24(29)10-5-18-1-3-19(4-2-18)15-26-20-6-8-21(9-7-20)28-11-13-30-14-12-28/h1-10,16-17,26H,11-15,25H2,(H,27,29). The zero-order valence-electron chi connectivity index (χ0n) is 17.2. The van der Waals surface area contributed by atoms with Crippen LogP contribution in [0.4, 0.5) is 22.7 Å². The summed E-state index contributed by atoms with van der Waals surface area (Å²) in [5.41, 5.74) is 11.5. The minimum Gasteiger partial charge on any atom is -0.396 e. The molecular formula is C24H26N4O2S. The van der Waals surface area contributed by atoms with E-state index in [4.69, 9.17) is 10.5 Å². The van der Waals surface area contributed by atoms with Crippen molar-refractivity contribution in [2.45, 2.75) is 6.54 Å². The van der Waals surface area contributed by atoms with Gasteiger partial charge in [0.15, 0.2) is 0 Å². The first kappa shape index (κ1) is 21.0. The number of amides is 1. The highest BCUT2D eigenvalue weighted by atomic mass is 32.1. The van der Waals surface area contributed by atoms with Crippen LogP contribution in [0.1, 0.15) is 11.1 Å². The van der Waals surface area contributed by atoms with Crippen molar-refractivity contribution in [3.63, 3.8) is 0 Å².